The van der Waals surface area contributed by atoms with E-state index in [0.717, 1.165) is 29.4 Å². The molecule has 10 heteroatoms. The summed E-state index contributed by atoms with van der Waals surface area (Å²) < 4.78 is 46.8. The van der Waals surface area contributed by atoms with Gasteiger partial charge in [-0.2, -0.15) is 5.10 Å². The molecule has 2 aromatic carbocycles. The van der Waals surface area contributed by atoms with Crippen LogP contribution in [0.4, 0.5) is 8.78 Å². The Labute approximate surface area is 226 Å². The predicted molar refractivity (Wildman–Crippen MR) is 146 cm³/mol. The third kappa shape index (κ3) is 4.30. The maximum absolute atomic E-state index is 13.3. The van der Waals surface area contributed by atoms with Gasteiger partial charge in [0.2, 0.25) is 0 Å². The van der Waals surface area contributed by atoms with Crippen molar-refractivity contribution in [1.82, 2.24) is 19.7 Å². The summed E-state index contributed by atoms with van der Waals surface area (Å²) in [6.07, 6.45) is 2.36. The van der Waals surface area contributed by atoms with Gasteiger partial charge in [0.05, 0.1) is 29.5 Å². The molecular weight excluding hydrogens is 501 g/mol. The van der Waals surface area contributed by atoms with Gasteiger partial charge in [-0.05, 0) is 52.2 Å². The number of alkyl halides is 2. The minimum Gasteiger partial charge on any atom is -0.496 e. The van der Waals surface area contributed by atoms with E-state index in [2.05, 4.69) is 48.8 Å². The second-order valence-corrected chi connectivity index (χ2v) is 11.4. The Kier molecular flexibility index (Phi) is 6.04. The van der Waals surface area contributed by atoms with Crippen LogP contribution in [0.5, 0.6) is 5.75 Å². The molecule has 7 nitrogen and oxygen atoms in total. The van der Waals surface area contributed by atoms with E-state index in [1.807, 2.05) is 36.4 Å². The fourth-order valence-electron chi connectivity index (χ4n) is 5.33. The Hall–Kier alpha value is -3.37. The quantitative estimate of drug-likeness (QED) is 0.268. The first-order valence-electron chi connectivity index (χ1n) is 13.1. The molecule has 3 heterocycles. The normalized spacial score (nSPS) is 19.1. The summed E-state index contributed by atoms with van der Waals surface area (Å²) in [4.78, 5) is 9.16. The molecule has 2 fully saturated rings. The minimum atomic E-state index is -2.53. The lowest BCUT2D eigenvalue weighted by atomic mass is 9.63. The summed E-state index contributed by atoms with van der Waals surface area (Å²) in [6, 6.07) is 13.5. The molecule has 1 saturated carbocycles. The molecule has 0 spiro atoms. The highest BCUT2D eigenvalue weighted by Gasteiger charge is 2.65. The molecule has 0 N–H and O–H groups in total. The number of hydrogen-bond acceptors (Lipinski definition) is 6. The number of methoxy groups -OCH3 is 1. The molecule has 39 heavy (non-hydrogen) atoms. The molecule has 0 radical (unpaired) electrons. The Balaban J connectivity index is 1.52. The van der Waals surface area contributed by atoms with E-state index >= 15 is 0 Å². The maximum atomic E-state index is 13.3. The third-order valence-electron chi connectivity index (χ3n) is 8.38. The SMILES string of the molecule is COc1cc2ncnc(-c3cn(CC(F)F)nc3-c3ccccc3)c2cc1C1(B2OC(C)(C)C(C)(C)O2)CC1. The summed E-state index contributed by atoms with van der Waals surface area (Å²) in [5.41, 5.74) is 3.40. The largest absolute Gasteiger partial charge is 0.496 e. The van der Waals surface area contributed by atoms with Crippen LogP contribution in [0, 0.1) is 0 Å². The molecule has 1 saturated heterocycles. The average Bonchev–Trinajstić information content (AvgIpc) is 3.55. The number of ether oxygens (including phenoxy) is 1. The standard InChI is InChI=1S/C29H31BF2N4O3/c1-27(2)28(3,4)39-30(38-27)29(11-12-29)21-13-19-22(14-23(21)37-5)33-17-34-26(19)20-15-36(16-24(31)32)35-25(20)18-9-7-6-8-10-18/h6-10,13-15,17,24H,11-12,16H2,1-5H3. The van der Waals surface area contributed by atoms with Gasteiger partial charge >= 0.3 is 7.12 Å². The zero-order chi connectivity index (χ0) is 27.6. The van der Waals surface area contributed by atoms with E-state index in [1.165, 1.54) is 11.0 Å². The third-order valence-corrected chi connectivity index (χ3v) is 8.38. The Morgan fingerprint density at radius 1 is 1.00 bits per heavy atom. The highest BCUT2D eigenvalue weighted by Crippen LogP contribution is 2.58. The van der Waals surface area contributed by atoms with Crippen LogP contribution in [0.2, 0.25) is 0 Å². The molecule has 1 aliphatic carbocycles. The Morgan fingerprint density at radius 2 is 1.69 bits per heavy atom. The number of rotatable bonds is 7. The zero-order valence-electron chi connectivity index (χ0n) is 22.7. The van der Waals surface area contributed by atoms with Crippen molar-refractivity contribution in [1.29, 1.82) is 0 Å². The van der Waals surface area contributed by atoms with Gasteiger partial charge in [0.15, 0.2) is 0 Å². The number of fused-ring (bicyclic) bond motifs is 1. The van der Waals surface area contributed by atoms with Crippen molar-refractivity contribution < 1.29 is 22.8 Å². The second kappa shape index (κ2) is 9.10. The Morgan fingerprint density at radius 3 is 2.31 bits per heavy atom. The fourth-order valence-corrected chi connectivity index (χ4v) is 5.33. The van der Waals surface area contributed by atoms with Crippen LogP contribution in [0.3, 0.4) is 0 Å². The van der Waals surface area contributed by atoms with Crippen LogP contribution in [0.1, 0.15) is 46.1 Å². The summed E-state index contributed by atoms with van der Waals surface area (Å²) >= 11 is 0. The first-order valence-corrected chi connectivity index (χ1v) is 13.1. The summed E-state index contributed by atoms with van der Waals surface area (Å²) in [5.74, 6) is 0.705. The average molecular weight is 532 g/mol. The van der Waals surface area contributed by atoms with Crippen LogP contribution < -0.4 is 4.74 Å². The van der Waals surface area contributed by atoms with Gasteiger partial charge in [-0.3, -0.25) is 4.68 Å². The van der Waals surface area contributed by atoms with Crippen molar-refractivity contribution in [3.63, 3.8) is 0 Å². The van der Waals surface area contributed by atoms with Crippen LogP contribution in [-0.4, -0.2) is 51.6 Å². The monoisotopic (exact) mass is 532 g/mol. The Bertz CT molecular complexity index is 1520. The van der Waals surface area contributed by atoms with Gasteiger partial charge in [0.1, 0.15) is 24.3 Å². The molecule has 6 rings (SSSR count). The molecule has 2 aliphatic rings. The van der Waals surface area contributed by atoms with E-state index in [1.54, 1.807) is 13.3 Å². The van der Waals surface area contributed by atoms with Crippen molar-refractivity contribution in [3.8, 4) is 28.3 Å². The minimum absolute atomic E-state index is 0.375. The van der Waals surface area contributed by atoms with Crippen molar-refractivity contribution in [3.05, 3.63) is 60.6 Å². The molecule has 2 aromatic heterocycles. The van der Waals surface area contributed by atoms with Gasteiger partial charge in [0.25, 0.3) is 6.43 Å². The fraction of sp³-hybridized carbons (Fsp3) is 0.414. The van der Waals surface area contributed by atoms with E-state index in [4.69, 9.17) is 14.0 Å². The first-order chi connectivity index (χ1) is 18.5. The van der Waals surface area contributed by atoms with Crippen molar-refractivity contribution in [2.24, 2.45) is 0 Å². The molecule has 1 aliphatic heterocycles. The van der Waals surface area contributed by atoms with Gasteiger partial charge in [-0.15, -0.1) is 0 Å². The van der Waals surface area contributed by atoms with E-state index in [-0.39, 0.29) is 5.31 Å². The van der Waals surface area contributed by atoms with E-state index in [0.29, 0.717) is 28.2 Å². The second-order valence-electron chi connectivity index (χ2n) is 11.4. The lowest BCUT2D eigenvalue weighted by Gasteiger charge is -2.32. The summed E-state index contributed by atoms with van der Waals surface area (Å²) in [5, 5.41) is 4.93. The molecule has 0 amide bonds. The number of nitrogens with zero attached hydrogens (tertiary/aromatic N) is 4. The van der Waals surface area contributed by atoms with E-state index in [9.17, 15) is 8.78 Å². The molecule has 202 valence electrons. The number of hydrogen-bond donors (Lipinski definition) is 0. The van der Waals surface area contributed by atoms with Gasteiger partial charge < -0.3 is 14.0 Å². The lowest BCUT2D eigenvalue weighted by molar-refractivity contribution is 0.00578. The van der Waals surface area contributed by atoms with Gasteiger partial charge in [-0.25, -0.2) is 18.7 Å². The summed E-state index contributed by atoms with van der Waals surface area (Å²) in [7, 11) is 1.21. The van der Waals surface area contributed by atoms with Gasteiger partial charge in [-0.1, -0.05) is 30.3 Å². The van der Waals surface area contributed by atoms with Crippen molar-refractivity contribution in [2.45, 2.75) is 70.0 Å². The number of benzene rings is 2. The van der Waals surface area contributed by atoms with Crippen LogP contribution in [0.25, 0.3) is 33.4 Å². The molecule has 0 unspecified atom stereocenters. The van der Waals surface area contributed by atoms with Gasteiger partial charge in [0, 0.05) is 34.1 Å². The van der Waals surface area contributed by atoms with Crippen LogP contribution in [0.15, 0.2) is 55.0 Å². The molecular formula is C29H31BF2N4O3. The molecule has 4 aromatic rings. The lowest BCUT2D eigenvalue weighted by Crippen LogP contribution is -2.41. The summed E-state index contributed by atoms with van der Waals surface area (Å²) in [6.45, 7) is 7.69. The maximum Gasteiger partial charge on any atom is 0.469 e. The molecule has 0 bridgehead atoms. The van der Waals surface area contributed by atoms with E-state index < -0.39 is 31.3 Å². The topological polar surface area (TPSA) is 71.3 Å². The van der Waals surface area contributed by atoms with Crippen LogP contribution >= 0.6 is 0 Å². The highest BCUT2D eigenvalue weighted by atomic mass is 19.3. The number of halogens is 2. The highest BCUT2D eigenvalue weighted by molar-refractivity contribution is 6.51. The first kappa shape index (κ1) is 25.9. The molecule has 0 atom stereocenters. The van der Waals surface area contributed by atoms with Crippen LogP contribution in [-0.2, 0) is 21.2 Å². The smallest absolute Gasteiger partial charge is 0.469 e. The van der Waals surface area contributed by atoms with Crippen molar-refractivity contribution >= 4 is 18.0 Å². The predicted octanol–water partition coefficient (Wildman–Crippen LogP) is 6.10. The zero-order valence-corrected chi connectivity index (χ0v) is 22.7. The van der Waals surface area contributed by atoms with Crippen molar-refractivity contribution in [2.75, 3.05) is 7.11 Å². The number of aromatic nitrogens is 4.